The van der Waals surface area contributed by atoms with Crippen molar-refractivity contribution in [2.45, 2.75) is 11.6 Å². The number of sulfonamides is 1. The SMILES string of the molecule is CN(Cc1cn(-c2ccccc2)nc1-c1ccccc1)S(=O)(=O)c1ncn(C)c1Cl. The van der Waals surface area contributed by atoms with Crippen LogP contribution < -0.4 is 0 Å². The molecule has 2 aromatic carbocycles. The monoisotopic (exact) mass is 441 g/mol. The molecule has 7 nitrogen and oxygen atoms in total. The van der Waals surface area contributed by atoms with Crippen LogP contribution in [0.25, 0.3) is 16.9 Å². The van der Waals surface area contributed by atoms with Crippen molar-refractivity contribution in [3.8, 4) is 16.9 Å². The number of halogens is 1. The Morgan fingerprint density at radius 1 is 1.03 bits per heavy atom. The minimum atomic E-state index is -3.87. The lowest BCUT2D eigenvalue weighted by molar-refractivity contribution is 0.464. The molecule has 2 aromatic heterocycles. The van der Waals surface area contributed by atoms with Gasteiger partial charge in [0.05, 0.1) is 17.7 Å². The van der Waals surface area contributed by atoms with E-state index in [2.05, 4.69) is 4.98 Å². The van der Waals surface area contributed by atoms with E-state index in [-0.39, 0.29) is 16.7 Å². The zero-order valence-corrected chi connectivity index (χ0v) is 18.0. The van der Waals surface area contributed by atoms with Crippen LogP contribution in [0.2, 0.25) is 5.15 Å². The predicted molar refractivity (Wildman–Crippen MR) is 116 cm³/mol. The summed E-state index contributed by atoms with van der Waals surface area (Å²) in [5.74, 6) is 0. The van der Waals surface area contributed by atoms with Gasteiger partial charge in [-0.25, -0.2) is 18.1 Å². The van der Waals surface area contributed by atoms with Crippen molar-refractivity contribution in [2.75, 3.05) is 7.05 Å². The van der Waals surface area contributed by atoms with Crippen molar-refractivity contribution in [1.82, 2.24) is 23.6 Å². The summed E-state index contributed by atoms with van der Waals surface area (Å²) in [6.45, 7) is 0.117. The van der Waals surface area contributed by atoms with Crippen molar-refractivity contribution >= 4 is 21.6 Å². The van der Waals surface area contributed by atoms with Crippen LogP contribution in [0.15, 0.2) is 78.2 Å². The summed E-state index contributed by atoms with van der Waals surface area (Å²) in [5, 5.41) is 4.64. The Balaban J connectivity index is 1.74. The maximum Gasteiger partial charge on any atom is 0.263 e. The third-order valence-corrected chi connectivity index (χ3v) is 7.03. The van der Waals surface area contributed by atoms with Crippen molar-refractivity contribution in [3.63, 3.8) is 0 Å². The van der Waals surface area contributed by atoms with Gasteiger partial charge >= 0.3 is 0 Å². The molecule has 9 heteroatoms. The summed E-state index contributed by atoms with van der Waals surface area (Å²) >= 11 is 6.13. The zero-order valence-electron chi connectivity index (χ0n) is 16.5. The molecule has 0 bridgehead atoms. The number of hydrogen-bond acceptors (Lipinski definition) is 4. The van der Waals surface area contributed by atoms with Crippen LogP contribution in [0, 0.1) is 0 Å². The van der Waals surface area contributed by atoms with E-state index >= 15 is 0 Å². The van der Waals surface area contributed by atoms with E-state index < -0.39 is 10.0 Å². The van der Waals surface area contributed by atoms with Crippen molar-refractivity contribution < 1.29 is 8.42 Å². The lowest BCUT2D eigenvalue weighted by atomic mass is 10.1. The fourth-order valence-electron chi connectivity index (χ4n) is 3.12. The highest BCUT2D eigenvalue weighted by Crippen LogP contribution is 2.27. The topological polar surface area (TPSA) is 73.0 Å². The molecule has 2 heterocycles. The predicted octanol–water partition coefficient (Wildman–Crippen LogP) is 3.75. The van der Waals surface area contributed by atoms with Gasteiger partial charge < -0.3 is 4.57 Å². The van der Waals surface area contributed by atoms with Gasteiger partial charge in [-0.1, -0.05) is 60.1 Å². The van der Waals surface area contributed by atoms with Crippen LogP contribution in [0.5, 0.6) is 0 Å². The molecule has 0 aliphatic rings. The maximum absolute atomic E-state index is 13.0. The van der Waals surface area contributed by atoms with E-state index in [9.17, 15) is 8.42 Å². The molecule has 0 aliphatic carbocycles. The number of aryl methyl sites for hydroxylation is 1. The zero-order chi connectivity index (χ0) is 21.3. The molecule has 0 N–H and O–H groups in total. The minimum Gasteiger partial charge on any atom is -0.324 e. The van der Waals surface area contributed by atoms with Crippen molar-refractivity contribution in [1.29, 1.82) is 0 Å². The third-order valence-electron chi connectivity index (χ3n) is 4.74. The standard InChI is InChI=1S/C21H20ClN5O2S/c1-25-15-23-21(20(25)22)30(28,29)26(2)13-17-14-27(18-11-7-4-8-12-18)24-19(17)16-9-5-3-6-10-16/h3-12,14-15H,13H2,1-2H3. The minimum absolute atomic E-state index is 0.0742. The first-order valence-corrected chi connectivity index (χ1v) is 11.0. The van der Waals surface area contributed by atoms with Gasteiger partial charge in [0.1, 0.15) is 5.15 Å². The Bertz CT molecular complexity index is 1270. The van der Waals surface area contributed by atoms with E-state index in [0.29, 0.717) is 5.69 Å². The smallest absolute Gasteiger partial charge is 0.263 e. The van der Waals surface area contributed by atoms with Gasteiger partial charge in [-0.05, 0) is 12.1 Å². The number of aromatic nitrogens is 4. The fourth-order valence-corrected chi connectivity index (χ4v) is 4.64. The number of nitrogens with zero attached hydrogens (tertiary/aromatic N) is 5. The molecule has 0 aliphatic heterocycles. The molecule has 0 atom stereocenters. The lowest BCUT2D eigenvalue weighted by Crippen LogP contribution is -2.27. The summed E-state index contributed by atoms with van der Waals surface area (Å²) < 4.78 is 30.5. The van der Waals surface area contributed by atoms with E-state index in [1.807, 2.05) is 66.9 Å². The van der Waals surface area contributed by atoms with Crippen LogP contribution in [0.4, 0.5) is 0 Å². The molecule has 154 valence electrons. The summed E-state index contributed by atoms with van der Waals surface area (Å²) in [5.41, 5.74) is 3.28. The molecule has 0 spiro atoms. The number of imidazole rings is 1. The molecule has 0 unspecified atom stereocenters. The van der Waals surface area contributed by atoms with Crippen molar-refractivity contribution in [2.24, 2.45) is 7.05 Å². The second-order valence-electron chi connectivity index (χ2n) is 6.86. The van der Waals surface area contributed by atoms with Gasteiger partial charge in [0.25, 0.3) is 10.0 Å². The number of para-hydroxylation sites is 1. The van der Waals surface area contributed by atoms with Crippen LogP contribution in [0.3, 0.4) is 0 Å². The normalized spacial score (nSPS) is 11.9. The number of rotatable bonds is 6. The van der Waals surface area contributed by atoms with Crippen LogP contribution in [0.1, 0.15) is 5.56 Å². The number of benzene rings is 2. The summed E-state index contributed by atoms with van der Waals surface area (Å²) in [4.78, 5) is 3.96. The van der Waals surface area contributed by atoms with E-state index in [4.69, 9.17) is 16.7 Å². The molecule has 30 heavy (non-hydrogen) atoms. The third kappa shape index (κ3) is 3.77. The lowest BCUT2D eigenvalue weighted by Gasteiger charge is -2.16. The highest BCUT2D eigenvalue weighted by atomic mass is 35.5. The molecular weight excluding hydrogens is 422 g/mol. The van der Waals surface area contributed by atoms with Crippen LogP contribution in [-0.4, -0.2) is 39.1 Å². The molecular formula is C21H20ClN5O2S. The second kappa shape index (κ2) is 8.06. The highest BCUT2D eigenvalue weighted by Gasteiger charge is 2.28. The molecule has 4 rings (SSSR count). The molecule has 0 fully saturated rings. The Labute approximate surface area is 180 Å². The van der Waals surface area contributed by atoms with E-state index in [0.717, 1.165) is 16.8 Å². The second-order valence-corrected chi connectivity index (χ2v) is 9.18. The van der Waals surface area contributed by atoms with Gasteiger partial charge in [-0.3, -0.25) is 0 Å². The molecule has 0 saturated carbocycles. The molecule has 0 amide bonds. The van der Waals surface area contributed by atoms with Crippen molar-refractivity contribution in [3.05, 3.63) is 83.9 Å². The van der Waals surface area contributed by atoms with Gasteiger partial charge in [0.15, 0.2) is 0 Å². The first kappa shape index (κ1) is 20.3. The molecule has 0 radical (unpaired) electrons. The first-order valence-electron chi connectivity index (χ1n) is 9.20. The number of hydrogen-bond donors (Lipinski definition) is 0. The summed E-state index contributed by atoms with van der Waals surface area (Å²) in [6.07, 6.45) is 3.23. The fraction of sp³-hybridized carbons (Fsp3) is 0.143. The highest BCUT2D eigenvalue weighted by molar-refractivity contribution is 7.89. The van der Waals surface area contributed by atoms with Gasteiger partial charge in [-0.15, -0.1) is 0 Å². The van der Waals surface area contributed by atoms with Gasteiger partial charge in [0, 0.05) is 38.0 Å². The first-order chi connectivity index (χ1) is 14.4. The molecule has 4 aromatic rings. The Morgan fingerprint density at radius 2 is 1.67 bits per heavy atom. The molecule has 0 saturated heterocycles. The summed E-state index contributed by atoms with van der Waals surface area (Å²) in [7, 11) is -0.715. The van der Waals surface area contributed by atoms with Crippen LogP contribution >= 0.6 is 11.6 Å². The summed E-state index contributed by atoms with van der Waals surface area (Å²) in [6, 6.07) is 19.4. The Kier molecular flexibility index (Phi) is 5.46. The quantitative estimate of drug-likeness (QED) is 0.457. The maximum atomic E-state index is 13.0. The van der Waals surface area contributed by atoms with Crippen LogP contribution in [-0.2, 0) is 23.6 Å². The van der Waals surface area contributed by atoms with E-state index in [1.165, 1.54) is 22.2 Å². The average Bonchev–Trinajstić information content (AvgIpc) is 3.33. The van der Waals surface area contributed by atoms with E-state index in [1.54, 1.807) is 11.7 Å². The largest absolute Gasteiger partial charge is 0.324 e. The van der Waals surface area contributed by atoms with Gasteiger partial charge in [0.2, 0.25) is 5.03 Å². The average molecular weight is 442 g/mol. The Morgan fingerprint density at radius 3 is 2.27 bits per heavy atom. The Hall–Kier alpha value is -2.94. The van der Waals surface area contributed by atoms with Gasteiger partial charge in [-0.2, -0.15) is 9.40 Å².